The van der Waals surface area contributed by atoms with Crippen LogP contribution in [0.1, 0.15) is 55.2 Å². The molecular weight excluding hydrogens is 548 g/mol. The molecule has 1 heterocycles. The van der Waals surface area contributed by atoms with E-state index < -0.39 is 42.5 Å². The van der Waals surface area contributed by atoms with Gasteiger partial charge in [-0.15, -0.1) is 0 Å². The van der Waals surface area contributed by atoms with E-state index in [1.807, 2.05) is 91.0 Å². The number of benzene rings is 3. The van der Waals surface area contributed by atoms with Crippen LogP contribution in [-0.4, -0.2) is 54.2 Å². The maximum Gasteiger partial charge on any atom is 0.306 e. The van der Waals surface area contributed by atoms with Gasteiger partial charge in [0.2, 0.25) is 0 Å². The summed E-state index contributed by atoms with van der Waals surface area (Å²) in [4.78, 5) is 38.4. The van der Waals surface area contributed by atoms with Gasteiger partial charge in [0.05, 0.1) is 6.61 Å². The predicted octanol–water partition coefficient (Wildman–Crippen LogP) is 5.14. The largest absolute Gasteiger partial charge is 0.456 e. The minimum atomic E-state index is -1.53. The van der Waals surface area contributed by atoms with Crippen LogP contribution in [0.25, 0.3) is 0 Å². The van der Waals surface area contributed by atoms with Crippen LogP contribution in [0, 0.1) is 0 Å². The van der Waals surface area contributed by atoms with Crippen LogP contribution >= 0.6 is 0 Å². The molecule has 0 aliphatic carbocycles. The topological polar surface area (TPSA) is 108 Å². The molecule has 8 heteroatoms. The first kappa shape index (κ1) is 31.9. The van der Waals surface area contributed by atoms with Crippen LogP contribution in [0.3, 0.4) is 0 Å². The lowest BCUT2D eigenvalue weighted by Gasteiger charge is -2.38. The third-order valence-electron chi connectivity index (χ3n) is 7.29. The molecule has 1 N–H and O–H groups in total. The van der Waals surface area contributed by atoms with E-state index in [0.717, 1.165) is 16.7 Å². The summed E-state index contributed by atoms with van der Waals surface area (Å²) in [6.45, 7) is -0.199. The van der Waals surface area contributed by atoms with E-state index in [1.54, 1.807) is 0 Å². The average Bonchev–Trinajstić information content (AvgIpc) is 3.02. The molecule has 3 aromatic rings. The van der Waals surface area contributed by atoms with Crippen LogP contribution in [0.5, 0.6) is 0 Å². The third kappa shape index (κ3) is 11.0. The smallest absolute Gasteiger partial charge is 0.306 e. The number of carbonyl (C=O) groups is 3. The van der Waals surface area contributed by atoms with Crippen molar-refractivity contribution in [1.29, 1.82) is 0 Å². The molecule has 3 aromatic carbocycles. The molecule has 4 rings (SSSR count). The first-order valence-electron chi connectivity index (χ1n) is 15.0. The van der Waals surface area contributed by atoms with Crippen molar-refractivity contribution >= 4 is 17.9 Å². The number of ether oxygens (including phenoxy) is 4. The number of aryl methyl sites for hydroxylation is 3. The van der Waals surface area contributed by atoms with E-state index in [2.05, 4.69) is 0 Å². The van der Waals surface area contributed by atoms with E-state index >= 15 is 0 Å². The zero-order valence-corrected chi connectivity index (χ0v) is 24.3. The van der Waals surface area contributed by atoms with Crippen molar-refractivity contribution in [2.75, 3.05) is 6.61 Å². The highest BCUT2D eigenvalue weighted by Crippen LogP contribution is 2.25. The highest BCUT2D eigenvalue weighted by Gasteiger charge is 2.47. The molecular formula is C35H40O8. The normalized spacial score (nSPS) is 19.7. The highest BCUT2D eigenvalue weighted by molar-refractivity contribution is 5.71. The molecule has 1 saturated heterocycles. The van der Waals surface area contributed by atoms with Gasteiger partial charge in [0.25, 0.3) is 0 Å². The number of hydrogen-bond acceptors (Lipinski definition) is 8. The minimum absolute atomic E-state index is 0.0970. The van der Waals surface area contributed by atoms with Gasteiger partial charge in [-0.25, -0.2) is 0 Å². The lowest BCUT2D eigenvalue weighted by molar-refractivity contribution is -0.268. The molecule has 0 radical (unpaired) electrons. The number of carbonyl (C=O) groups excluding carboxylic acids is 3. The van der Waals surface area contributed by atoms with Gasteiger partial charge in [0.15, 0.2) is 24.6 Å². The Balaban J connectivity index is 1.35. The molecule has 4 atom stereocenters. The molecule has 1 aliphatic heterocycles. The van der Waals surface area contributed by atoms with Crippen molar-refractivity contribution in [2.45, 2.75) is 82.4 Å². The van der Waals surface area contributed by atoms with Crippen molar-refractivity contribution in [1.82, 2.24) is 0 Å². The van der Waals surface area contributed by atoms with Crippen molar-refractivity contribution in [3.63, 3.8) is 0 Å². The van der Waals surface area contributed by atoms with Gasteiger partial charge in [-0.1, -0.05) is 91.0 Å². The maximum atomic E-state index is 12.9. The molecule has 228 valence electrons. The summed E-state index contributed by atoms with van der Waals surface area (Å²) in [5, 5.41) is 10.6. The van der Waals surface area contributed by atoms with Gasteiger partial charge in [0, 0.05) is 19.3 Å². The van der Waals surface area contributed by atoms with Crippen molar-refractivity contribution in [3.8, 4) is 0 Å². The van der Waals surface area contributed by atoms with Crippen LogP contribution in [-0.2, 0) is 52.6 Å². The second-order valence-electron chi connectivity index (χ2n) is 10.7. The van der Waals surface area contributed by atoms with E-state index in [1.165, 1.54) is 0 Å². The molecule has 8 nitrogen and oxygen atoms in total. The zero-order chi connectivity index (χ0) is 30.3. The van der Waals surface area contributed by atoms with E-state index in [-0.39, 0.29) is 25.9 Å². The van der Waals surface area contributed by atoms with E-state index in [0.29, 0.717) is 38.5 Å². The fraction of sp³-hybridized carbons (Fsp3) is 0.400. The summed E-state index contributed by atoms with van der Waals surface area (Å²) in [7, 11) is 0. The lowest BCUT2D eigenvalue weighted by atomic mass is 10.0. The van der Waals surface area contributed by atoms with E-state index in [9.17, 15) is 19.5 Å². The van der Waals surface area contributed by atoms with Gasteiger partial charge in [-0.3, -0.25) is 14.4 Å². The Morgan fingerprint density at radius 1 is 0.581 bits per heavy atom. The highest BCUT2D eigenvalue weighted by atomic mass is 16.7. The number of esters is 3. The van der Waals surface area contributed by atoms with Crippen LogP contribution < -0.4 is 0 Å². The Morgan fingerprint density at radius 2 is 0.953 bits per heavy atom. The quantitative estimate of drug-likeness (QED) is 0.192. The first-order chi connectivity index (χ1) is 21.0. The molecule has 0 unspecified atom stereocenters. The molecule has 1 aliphatic rings. The van der Waals surface area contributed by atoms with Gasteiger partial charge >= 0.3 is 17.9 Å². The zero-order valence-electron chi connectivity index (χ0n) is 24.3. The fourth-order valence-corrected chi connectivity index (χ4v) is 5.02. The Hall–Kier alpha value is -4.01. The number of aliphatic hydroxyl groups is 1. The molecule has 0 saturated carbocycles. The third-order valence-corrected chi connectivity index (χ3v) is 7.29. The molecule has 0 spiro atoms. The monoisotopic (exact) mass is 588 g/mol. The van der Waals surface area contributed by atoms with Crippen molar-refractivity contribution in [3.05, 3.63) is 108 Å². The molecule has 43 heavy (non-hydrogen) atoms. The molecule has 0 amide bonds. The summed E-state index contributed by atoms with van der Waals surface area (Å²) in [6.07, 6.45) is -1.02. The SMILES string of the molecule is O=C(CCCc1ccccc1)O[C@@H]1[C@@H](OC(=O)CCCc2ccccc2)[C@H](OC(=O)CCCc2ccccc2)CO[C@H]1O. The Bertz CT molecular complexity index is 1260. The van der Waals surface area contributed by atoms with Gasteiger partial charge in [-0.05, 0) is 55.2 Å². The van der Waals surface area contributed by atoms with Crippen LogP contribution in [0.2, 0.25) is 0 Å². The second kappa shape index (κ2) is 17.2. The van der Waals surface area contributed by atoms with Gasteiger partial charge in [0.1, 0.15) is 0 Å². The Labute approximate surface area is 252 Å². The van der Waals surface area contributed by atoms with E-state index in [4.69, 9.17) is 18.9 Å². The predicted molar refractivity (Wildman–Crippen MR) is 160 cm³/mol. The maximum absolute atomic E-state index is 12.9. The summed E-state index contributed by atoms with van der Waals surface area (Å²) in [5.41, 5.74) is 3.31. The molecule has 1 fully saturated rings. The first-order valence-corrected chi connectivity index (χ1v) is 15.0. The second-order valence-corrected chi connectivity index (χ2v) is 10.7. The number of rotatable bonds is 15. The summed E-state index contributed by atoms with van der Waals surface area (Å²) >= 11 is 0. The average molecular weight is 589 g/mol. The Morgan fingerprint density at radius 3 is 1.37 bits per heavy atom. The summed E-state index contributed by atoms with van der Waals surface area (Å²) in [6, 6.07) is 29.4. The van der Waals surface area contributed by atoms with Crippen molar-refractivity contribution in [2.24, 2.45) is 0 Å². The molecule has 0 bridgehead atoms. The van der Waals surface area contributed by atoms with Gasteiger partial charge < -0.3 is 24.1 Å². The Kier molecular flexibility index (Phi) is 12.8. The standard InChI is InChI=1S/C35H40O8/c36-30(22-10-19-26-13-4-1-5-14-26)41-29-25-40-35(39)34(43-32(38)24-12-21-28-17-8-3-9-18-28)33(29)42-31(37)23-11-20-27-15-6-2-7-16-27/h1-9,13-18,29,33-35,39H,10-12,19-25H2/t29-,33+,34-,35-/m1/s1. The summed E-state index contributed by atoms with van der Waals surface area (Å²) < 4.78 is 22.4. The lowest BCUT2D eigenvalue weighted by Crippen LogP contribution is -2.57. The number of hydrogen-bond donors (Lipinski definition) is 1. The summed E-state index contributed by atoms with van der Waals surface area (Å²) in [5.74, 6) is -1.59. The number of aliphatic hydroxyl groups excluding tert-OH is 1. The van der Waals surface area contributed by atoms with Crippen LogP contribution in [0.15, 0.2) is 91.0 Å². The van der Waals surface area contributed by atoms with Crippen LogP contribution in [0.4, 0.5) is 0 Å². The minimum Gasteiger partial charge on any atom is -0.456 e. The van der Waals surface area contributed by atoms with Crippen molar-refractivity contribution < 1.29 is 38.4 Å². The fourth-order valence-electron chi connectivity index (χ4n) is 5.02. The van der Waals surface area contributed by atoms with Gasteiger partial charge in [-0.2, -0.15) is 0 Å². The molecule has 0 aromatic heterocycles.